The summed E-state index contributed by atoms with van der Waals surface area (Å²) in [5.74, 6) is 0. The van der Waals surface area contributed by atoms with Crippen molar-refractivity contribution in [1.82, 2.24) is 18.0 Å². The van der Waals surface area contributed by atoms with E-state index in [1.807, 2.05) is 29.9 Å². The smallest absolute Gasteiger partial charge is 0.330 e. The molecule has 1 fully saturated rings. The Kier molecular flexibility index (Phi) is 4.94. The van der Waals surface area contributed by atoms with Crippen molar-refractivity contribution in [2.45, 2.75) is 36.6 Å². The molecule has 8 nitrogen and oxygen atoms in total. The van der Waals surface area contributed by atoms with E-state index in [1.54, 1.807) is 0 Å². The molecule has 2 aromatic heterocycles. The highest BCUT2D eigenvalue weighted by atomic mass is 32.2. The van der Waals surface area contributed by atoms with Gasteiger partial charge in [-0.3, -0.25) is 9.36 Å². The van der Waals surface area contributed by atoms with Gasteiger partial charge in [0.05, 0.1) is 6.04 Å². The largest absolute Gasteiger partial charge is 0.353 e. The molecule has 1 aliphatic heterocycles. The lowest BCUT2D eigenvalue weighted by molar-refractivity contribution is 0.317. The van der Waals surface area contributed by atoms with Gasteiger partial charge in [-0.2, -0.15) is 4.31 Å². The van der Waals surface area contributed by atoms with Gasteiger partial charge in [-0.15, -0.1) is 0 Å². The van der Waals surface area contributed by atoms with Crippen molar-refractivity contribution in [3.8, 4) is 0 Å². The average Bonchev–Trinajstić information content (AvgIpc) is 2.87. The van der Waals surface area contributed by atoms with Gasteiger partial charge in [0, 0.05) is 45.8 Å². The maximum atomic E-state index is 13.4. The number of hydrogen-bond acceptors (Lipinski definition) is 4. The first-order valence-corrected chi connectivity index (χ1v) is 10.1. The van der Waals surface area contributed by atoms with Gasteiger partial charge < -0.3 is 9.13 Å². The Morgan fingerprint density at radius 2 is 1.77 bits per heavy atom. The Hall–Kier alpha value is -2.13. The first-order valence-electron chi connectivity index (χ1n) is 8.65. The molecular weight excluding hydrogens is 356 g/mol. The molecule has 3 rings (SSSR count). The van der Waals surface area contributed by atoms with Crippen LogP contribution >= 0.6 is 0 Å². The zero-order chi connectivity index (χ0) is 19.1. The molecule has 142 valence electrons. The van der Waals surface area contributed by atoms with Gasteiger partial charge in [-0.05, 0) is 25.0 Å². The summed E-state index contributed by atoms with van der Waals surface area (Å²) in [7, 11) is 0.577. The highest BCUT2D eigenvalue weighted by Gasteiger charge is 2.36. The van der Waals surface area contributed by atoms with E-state index in [4.69, 9.17) is 0 Å². The van der Waals surface area contributed by atoms with Gasteiger partial charge in [0.15, 0.2) is 4.90 Å². The van der Waals surface area contributed by atoms with Gasteiger partial charge in [-0.25, -0.2) is 13.2 Å². The zero-order valence-corrected chi connectivity index (χ0v) is 16.1. The fraction of sp³-hybridized carbons (Fsp3) is 0.529. The third-order valence-electron chi connectivity index (χ3n) is 5.03. The predicted octanol–water partition coefficient (Wildman–Crippen LogP) is 0.728. The maximum absolute atomic E-state index is 13.4. The van der Waals surface area contributed by atoms with Crippen molar-refractivity contribution >= 4 is 10.0 Å². The van der Waals surface area contributed by atoms with Gasteiger partial charge >= 0.3 is 5.69 Å². The minimum Gasteiger partial charge on any atom is -0.353 e. The Morgan fingerprint density at radius 3 is 2.42 bits per heavy atom. The summed E-state index contributed by atoms with van der Waals surface area (Å²) in [5.41, 5.74) is -0.441. The summed E-state index contributed by atoms with van der Waals surface area (Å²) in [4.78, 5) is 24.1. The molecule has 1 saturated heterocycles. The fourth-order valence-electron chi connectivity index (χ4n) is 3.56. The Bertz CT molecular complexity index is 1030. The van der Waals surface area contributed by atoms with E-state index in [1.165, 1.54) is 18.4 Å². The van der Waals surface area contributed by atoms with Gasteiger partial charge in [0.2, 0.25) is 0 Å². The van der Waals surface area contributed by atoms with Crippen LogP contribution in [0.25, 0.3) is 0 Å². The van der Waals surface area contributed by atoms with Crippen LogP contribution in [0.15, 0.2) is 39.0 Å². The monoisotopic (exact) mass is 380 g/mol. The molecule has 0 saturated carbocycles. The Morgan fingerprint density at radius 1 is 1.04 bits per heavy atom. The van der Waals surface area contributed by atoms with E-state index in [-0.39, 0.29) is 10.9 Å². The molecule has 1 aliphatic rings. The number of hydrogen-bond donors (Lipinski definition) is 0. The normalized spacial score (nSPS) is 19.4. The lowest BCUT2D eigenvalue weighted by Gasteiger charge is -2.29. The second-order valence-electron chi connectivity index (χ2n) is 6.78. The van der Waals surface area contributed by atoms with E-state index in [0.29, 0.717) is 13.0 Å². The number of rotatable bonds is 3. The summed E-state index contributed by atoms with van der Waals surface area (Å²) in [6.07, 6.45) is 6.32. The lowest BCUT2D eigenvalue weighted by Crippen LogP contribution is -2.43. The van der Waals surface area contributed by atoms with Gasteiger partial charge in [0.1, 0.15) is 0 Å². The molecule has 9 heteroatoms. The third kappa shape index (κ3) is 3.05. The second-order valence-corrected chi connectivity index (χ2v) is 8.63. The summed E-state index contributed by atoms with van der Waals surface area (Å²) in [5, 5.41) is 0. The lowest BCUT2D eigenvalue weighted by atomic mass is 10.1. The third-order valence-corrected chi connectivity index (χ3v) is 6.92. The van der Waals surface area contributed by atoms with E-state index < -0.39 is 21.3 Å². The molecule has 0 spiro atoms. The molecule has 0 radical (unpaired) electrons. The molecule has 2 aromatic rings. The zero-order valence-electron chi connectivity index (χ0n) is 15.3. The molecule has 26 heavy (non-hydrogen) atoms. The Balaban J connectivity index is 2.17. The highest BCUT2D eigenvalue weighted by molar-refractivity contribution is 7.89. The minimum absolute atomic E-state index is 0.329. The number of aromatic nitrogens is 3. The molecule has 0 unspecified atom stereocenters. The first kappa shape index (κ1) is 18.7. The summed E-state index contributed by atoms with van der Waals surface area (Å²) in [6, 6.07) is 3.47. The number of aryl methyl sites for hydroxylation is 2. The SMILES string of the molecule is Cn1cccc1[C@H]1CCCCCN1S(=O)(=O)c1cn(C)c(=O)n(C)c1=O. The quantitative estimate of drug-likeness (QED) is 0.785. The van der Waals surface area contributed by atoms with Crippen molar-refractivity contribution in [2.24, 2.45) is 21.1 Å². The van der Waals surface area contributed by atoms with Crippen molar-refractivity contribution in [2.75, 3.05) is 6.54 Å². The highest BCUT2D eigenvalue weighted by Crippen LogP contribution is 2.33. The van der Waals surface area contributed by atoms with Crippen LogP contribution in [-0.2, 0) is 31.2 Å². The van der Waals surface area contributed by atoms with E-state index >= 15 is 0 Å². The second kappa shape index (κ2) is 6.88. The standard InChI is InChI=1S/C17H24N4O4S/c1-18-10-7-9-13(18)14-8-5-4-6-11-21(14)26(24,25)15-12-19(2)17(23)20(3)16(15)22/h7,9-10,12,14H,4-6,8,11H2,1-3H3/t14-/m1/s1. The van der Waals surface area contributed by atoms with Gasteiger partial charge in [0.25, 0.3) is 15.6 Å². The maximum Gasteiger partial charge on any atom is 0.330 e. The van der Waals surface area contributed by atoms with Crippen LogP contribution in [0.4, 0.5) is 0 Å². The predicted molar refractivity (Wildman–Crippen MR) is 97.4 cm³/mol. The van der Waals surface area contributed by atoms with E-state index in [9.17, 15) is 18.0 Å². The van der Waals surface area contributed by atoms with Crippen molar-refractivity contribution in [3.05, 3.63) is 51.1 Å². The van der Waals surface area contributed by atoms with Crippen LogP contribution in [0.2, 0.25) is 0 Å². The average molecular weight is 380 g/mol. The molecule has 0 aromatic carbocycles. The van der Waals surface area contributed by atoms with Crippen LogP contribution in [-0.4, -0.2) is 33.0 Å². The minimum atomic E-state index is -4.04. The molecule has 1 atom stereocenters. The summed E-state index contributed by atoms with van der Waals surface area (Å²) >= 11 is 0. The van der Waals surface area contributed by atoms with Crippen LogP contribution in [0.5, 0.6) is 0 Å². The summed E-state index contributed by atoms with van der Waals surface area (Å²) in [6.45, 7) is 0.351. The van der Waals surface area contributed by atoms with Gasteiger partial charge in [-0.1, -0.05) is 12.8 Å². The van der Waals surface area contributed by atoms with E-state index in [2.05, 4.69) is 0 Å². The van der Waals surface area contributed by atoms with E-state index in [0.717, 1.165) is 40.3 Å². The molecule has 0 amide bonds. The number of sulfonamides is 1. The van der Waals surface area contributed by atoms with Crippen molar-refractivity contribution in [1.29, 1.82) is 0 Å². The van der Waals surface area contributed by atoms with Crippen molar-refractivity contribution in [3.63, 3.8) is 0 Å². The summed E-state index contributed by atoms with van der Waals surface area (Å²) < 4.78 is 32.1. The molecule has 0 bridgehead atoms. The molecule has 0 aliphatic carbocycles. The molecule has 3 heterocycles. The van der Waals surface area contributed by atoms with Crippen LogP contribution in [0.1, 0.15) is 37.4 Å². The fourth-order valence-corrected chi connectivity index (χ4v) is 5.38. The van der Waals surface area contributed by atoms with Crippen molar-refractivity contribution < 1.29 is 8.42 Å². The Labute approximate surface area is 152 Å². The van der Waals surface area contributed by atoms with Crippen LogP contribution < -0.4 is 11.2 Å². The molecule has 0 N–H and O–H groups in total. The number of nitrogens with zero attached hydrogens (tertiary/aromatic N) is 4. The topological polar surface area (TPSA) is 86.3 Å². The first-order chi connectivity index (χ1) is 12.2. The molecular formula is C17H24N4O4S. The van der Waals surface area contributed by atoms with Crippen LogP contribution in [0, 0.1) is 0 Å². The van der Waals surface area contributed by atoms with Crippen LogP contribution in [0.3, 0.4) is 0 Å².